The van der Waals surface area contributed by atoms with E-state index in [1.807, 2.05) is 13.1 Å². The van der Waals surface area contributed by atoms with Crippen LogP contribution in [0.1, 0.15) is 49.8 Å². The third kappa shape index (κ3) is 4.03. The van der Waals surface area contributed by atoms with Crippen molar-refractivity contribution in [2.45, 2.75) is 52.4 Å². The first-order valence-corrected chi connectivity index (χ1v) is 10.4. The van der Waals surface area contributed by atoms with Crippen molar-refractivity contribution in [1.29, 1.82) is 0 Å². The van der Waals surface area contributed by atoms with Gasteiger partial charge in [0.1, 0.15) is 11.6 Å². The van der Waals surface area contributed by atoms with Gasteiger partial charge in [0.25, 0.3) is 0 Å². The molecular formula is C21H30N6O. The van der Waals surface area contributed by atoms with Crippen molar-refractivity contribution in [1.82, 2.24) is 24.8 Å². The molecule has 1 N–H and O–H groups in total. The van der Waals surface area contributed by atoms with Gasteiger partial charge in [-0.25, -0.2) is 15.0 Å². The SMILES string of the molecule is CCc1cc(N2CCC[C@@]3(CCC(=O)N(CCc4cnc[nH]4)C3)C2)nc(C)n1. The molecule has 0 saturated carbocycles. The van der Waals surface area contributed by atoms with Gasteiger partial charge in [-0.2, -0.15) is 0 Å². The Kier molecular flexibility index (Phi) is 5.33. The molecule has 2 fully saturated rings. The third-order valence-corrected chi connectivity index (χ3v) is 6.18. The molecule has 2 aliphatic rings. The fourth-order valence-electron chi connectivity index (χ4n) is 4.67. The van der Waals surface area contributed by atoms with Crippen molar-refractivity contribution in [3.63, 3.8) is 0 Å². The number of imidazole rings is 1. The number of aryl methyl sites for hydroxylation is 2. The zero-order valence-electron chi connectivity index (χ0n) is 16.9. The molecule has 2 aliphatic heterocycles. The Balaban J connectivity index is 1.47. The number of aromatic amines is 1. The summed E-state index contributed by atoms with van der Waals surface area (Å²) in [5.74, 6) is 2.17. The molecule has 2 aromatic rings. The Morgan fingerprint density at radius 1 is 1.25 bits per heavy atom. The number of amides is 1. The number of aromatic nitrogens is 4. The lowest BCUT2D eigenvalue weighted by atomic mass is 9.73. The van der Waals surface area contributed by atoms with Crippen molar-refractivity contribution in [3.8, 4) is 0 Å². The number of rotatable bonds is 5. The molecule has 28 heavy (non-hydrogen) atoms. The van der Waals surface area contributed by atoms with Gasteiger partial charge in [-0.3, -0.25) is 4.79 Å². The van der Waals surface area contributed by atoms with Crippen molar-refractivity contribution in [2.75, 3.05) is 31.1 Å². The van der Waals surface area contributed by atoms with Crippen LogP contribution in [0.5, 0.6) is 0 Å². The summed E-state index contributed by atoms with van der Waals surface area (Å²) in [7, 11) is 0. The summed E-state index contributed by atoms with van der Waals surface area (Å²) in [5, 5.41) is 0. The second-order valence-corrected chi connectivity index (χ2v) is 8.29. The number of likely N-dealkylation sites (tertiary alicyclic amines) is 1. The first-order valence-electron chi connectivity index (χ1n) is 10.4. The van der Waals surface area contributed by atoms with Crippen LogP contribution in [0, 0.1) is 12.3 Å². The fraction of sp³-hybridized carbons (Fsp3) is 0.619. The van der Waals surface area contributed by atoms with Gasteiger partial charge in [-0.05, 0) is 32.6 Å². The molecule has 0 aliphatic carbocycles. The predicted octanol–water partition coefficient (Wildman–Crippen LogP) is 2.52. The first-order chi connectivity index (χ1) is 13.6. The van der Waals surface area contributed by atoms with Gasteiger partial charge < -0.3 is 14.8 Å². The van der Waals surface area contributed by atoms with Gasteiger partial charge in [0.15, 0.2) is 0 Å². The van der Waals surface area contributed by atoms with Crippen LogP contribution in [0.25, 0.3) is 0 Å². The number of piperidine rings is 2. The molecule has 0 bridgehead atoms. The van der Waals surface area contributed by atoms with E-state index in [9.17, 15) is 4.79 Å². The van der Waals surface area contributed by atoms with Gasteiger partial charge in [0, 0.05) is 68.1 Å². The Labute approximate surface area is 166 Å². The average Bonchev–Trinajstić information content (AvgIpc) is 3.22. The number of hydrogen-bond acceptors (Lipinski definition) is 5. The standard InChI is InChI=1S/C21H30N6O/c1-3-17-11-19(25-16(2)24-17)26-9-4-7-21(13-26)8-5-20(28)27(14-21)10-6-18-12-22-15-23-18/h11-12,15H,3-10,13-14H2,1-2H3,(H,22,23)/t21-/m1/s1. The highest BCUT2D eigenvalue weighted by Crippen LogP contribution is 2.40. The molecule has 0 unspecified atom stereocenters. The van der Waals surface area contributed by atoms with Gasteiger partial charge in [-0.15, -0.1) is 0 Å². The molecule has 0 aromatic carbocycles. The summed E-state index contributed by atoms with van der Waals surface area (Å²) in [5.41, 5.74) is 2.36. The lowest BCUT2D eigenvalue weighted by Gasteiger charge is -2.48. The molecule has 1 amide bonds. The number of carbonyl (C=O) groups is 1. The lowest BCUT2D eigenvalue weighted by molar-refractivity contribution is -0.137. The van der Waals surface area contributed by atoms with Crippen LogP contribution in [0.3, 0.4) is 0 Å². The van der Waals surface area contributed by atoms with Gasteiger partial charge >= 0.3 is 0 Å². The number of H-pyrrole nitrogens is 1. The van der Waals surface area contributed by atoms with E-state index in [1.54, 1.807) is 6.33 Å². The van der Waals surface area contributed by atoms with Gasteiger partial charge in [-0.1, -0.05) is 6.92 Å². The molecule has 7 nitrogen and oxygen atoms in total. The quantitative estimate of drug-likeness (QED) is 0.860. The van der Waals surface area contributed by atoms with Crippen LogP contribution in [0.4, 0.5) is 5.82 Å². The maximum absolute atomic E-state index is 12.5. The zero-order chi connectivity index (χ0) is 19.6. The molecule has 4 rings (SSSR count). The van der Waals surface area contributed by atoms with E-state index in [0.717, 1.165) is 74.9 Å². The topological polar surface area (TPSA) is 78.0 Å². The smallest absolute Gasteiger partial charge is 0.222 e. The third-order valence-electron chi connectivity index (χ3n) is 6.18. The van der Waals surface area contributed by atoms with Crippen molar-refractivity contribution in [3.05, 3.63) is 35.8 Å². The Hall–Kier alpha value is -2.44. The predicted molar refractivity (Wildman–Crippen MR) is 108 cm³/mol. The number of nitrogens with one attached hydrogen (secondary N) is 1. The highest BCUT2D eigenvalue weighted by molar-refractivity contribution is 5.77. The first kappa shape index (κ1) is 18.9. The number of nitrogens with zero attached hydrogens (tertiary/aromatic N) is 5. The van der Waals surface area contributed by atoms with Crippen LogP contribution in [0.2, 0.25) is 0 Å². The van der Waals surface area contributed by atoms with E-state index in [1.165, 1.54) is 6.42 Å². The van der Waals surface area contributed by atoms with Gasteiger partial charge in [0.05, 0.1) is 6.33 Å². The molecule has 1 atom stereocenters. The van der Waals surface area contributed by atoms with E-state index >= 15 is 0 Å². The molecule has 0 radical (unpaired) electrons. The Morgan fingerprint density at radius 3 is 2.93 bits per heavy atom. The normalized spacial score (nSPS) is 22.9. The van der Waals surface area contributed by atoms with Crippen LogP contribution >= 0.6 is 0 Å². The highest BCUT2D eigenvalue weighted by atomic mass is 16.2. The summed E-state index contributed by atoms with van der Waals surface area (Å²) in [4.78, 5) is 33.5. The van der Waals surface area contributed by atoms with E-state index in [4.69, 9.17) is 4.98 Å². The van der Waals surface area contributed by atoms with Crippen molar-refractivity contribution < 1.29 is 4.79 Å². The number of anilines is 1. The Morgan fingerprint density at radius 2 is 2.14 bits per heavy atom. The minimum Gasteiger partial charge on any atom is -0.356 e. The molecule has 150 valence electrons. The lowest BCUT2D eigenvalue weighted by Crippen LogP contribution is -2.54. The summed E-state index contributed by atoms with van der Waals surface area (Å²) in [6, 6.07) is 2.13. The van der Waals surface area contributed by atoms with E-state index in [0.29, 0.717) is 6.42 Å². The minimum atomic E-state index is 0.172. The van der Waals surface area contributed by atoms with Crippen LogP contribution in [-0.4, -0.2) is 56.9 Å². The second-order valence-electron chi connectivity index (χ2n) is 8.29. The number of hydrogen-bond donors (Lipinski definition) is 1. The van der Waals surface area contributed by atoms with E-state index < -0.39 is 0 Å². The van der Waals surface area contributed by atoms with E-state index in [2.05, 4.69) is 37.7 Å². The largest absolute Gasteiger partial charge is 0.356 e. The summed E-state index contributed by atoms with van der Waals surface area (Å²) >= 11 is 0. The Bertz CT molecular complexity index is 820. The molecule has 2 aromatic heterocycles. The number of carbonyl (C=O) groups excluding carboxylic acids is 1. The molecule has 2 saturated heterocycles. The van der Waals surface area contributed by atoms with Gasteiger partial charge in [0.2, 0.25) is 5.91 Å². The molecular weight excluding hydrogens is 352 g/mol. The van der Waals surface area contributed by atoms with Crippen molar-refractivity contribution in [2.24, 2.45) is 5.41 Å². The second kappa shape index (κ2) is 7.89. The minimum absolute atomic E-state index is 0.172. The molecule has 4 heterocycles. The molecule has 7 heteroatoms. The summed E-state index contributed by atoms with van der Waals surface area (Å²) in [6.45, 7) is 7.72. The summed E-state index contributed by atoms with van der Waals surface area (Å²) < 4.78 is 0. The van der Waals surface area contributed by atoms with Crippen LogP contribution in [-0.2, 0) is 17.6 Å². The monoisotopic (exact) mass is 382 g/mol. The van der Waals surface area contributed by atoms with Crippen LogP contribution < -0.4 is 4.90 Å². The van der Waals surface area contributed by atoms with E-state index in [-0.39, 0.29) is 11.3 Å². The average molecular weight is 383 g/mol. The highest BCUT2D eigenvalue weighted by Gasteiger charge is 2.42. The summed E-state index contributed by atoms with van der Waals surface area (Å²) in [6.07, 6.45) is 9.25. The fourth-order valence-corrected chi connectivity index (χ4v) is 4.67. The maximum atomic E-state index is 12.5. The van der Waals surface area contributed by atoms with Crippen LogP contribution in [0.15, 0.2) is 18.6 Å². The zero-order valence-corrected chi connectivity index (χ0v) is 16.9. The van der Waals surface area contributed by atoms with Crippen molar-refractivity contribution >= 4 is 11.7 Å². The maximum Gasteiger partial charge on any atom is 0.222 e. The molecule has 1 spiro atoms.